The SMILES string of the molecule is CC1CC(C)C(C)N(CCO)C1. The number of β-amino-alcohol motifs (C(OH)–C–C–N with tert-alkyl or cyclic N) is 1. The van der Waals surface area contributed by atoms with E-state index in [9.17, 15) is 0 Å². The molecule has 1 saturated heterocycles. The van der Waals surface area contributed by atoms with Crippen LogP contribution in [0.15, 0.2) is 0 Å². The van der Waals surface area contributed by atoms with Crippen LogP contribution in [0.2, 0.25) is 0 Å². The number of nitrogens with zero attached hydrogens (tertiary/aromatic N) is 1. The van der Waals surface area contributed by atoms with E-state index in [1.54, 1.807) is 0 Å². The third-order valence-electron chi connectivity index (χ3n) is 3.11. The molecule has 1 aliphatic heterocycles. The molecule has 0 aromatic carbocycles. The lowest BCUT2D eigenvalue weighted by Gasteiger charge is -2.40. The second kappa shape index (κ2) is 4.24. The van der Waals surface area contributed by atoms with Gasteiger partial charge in [0.2, 0.25) is 0 Å². The van der Waals surface area contributed by atoms with Crippen LogP contribution in [-0.4, -0.2) is 35.7 Å². The van der Waals surface area contributed by atoms with Crippen LogP contribution in [0.4, 0.5) is 0 Å². The van der Waals surface area contributed by atoms with Crippen LogP contribution in [0, 0.1) is 11.8 Å². The standard InChI is InChI=1S/C10H21NO/c1-8-6-9(2)10(3)11(7-8)4-5-12/h8-10,12H,4-7H2,1-3H3. The molecule has 3 atom stereocenters. The summed E-state index contributed by atoms with van der Waals surface area (Å²) in [6.07, 6.45) is 1.34. The van der Waals surface area contributed by atoms with Crippen molar-refractivity contribution in [2.75, 3.05) is 19.7 Å². The lowest BCUT2D eigenvalue weighted by atomic mass is 9.86. The molecule has 1 rings (SSSR count). The first-order valence-electron chi connectivity index (χ1n) is 5.00. The van der Waals surface area contributed by atoms with Crippen LogP contribution in [0.5, 0.6) is 0 Å². The van der Waals surface area contributed by atoms with Crippen molar-refractivity contribution in [2.24, 2.45) is 11.8 Å². The monoisotopic (exact) mass is 171 g/mol. The molecule has 0 aliphatic carbocycles. The zero-order valence-electron chi connectivity index (χ0n) is 8.45. The summed E-state index contributed by atoms with van der Waals surface area (Å²) in [7, 11) is 0. The Kier molecular flexibility index (Phi) is 3.53. The number of hydrogen-bond acceptors (Lipinski definition) is 2. The van der Waals surface area contributed by atoms with Gasteiger partial charge in [0.1, 0.15) is 0 Å². The molecule has 0 amide bonds. The molecule has 2 nitrogen and oxygen atoms in total. The Morgan fingerprint density at radius 1 is 1.33 bits per heavy atom. The molecule has 0 radical (unpaired) electrons. The van der Waals surface area contributed by atoms with E-state index in [-0.39, 0.29) is 0 Å². The van der Waals surface area contributed by atoms with Gasteiger partial charge in [0, 0.05) is 19.1 Å². The van der Waals surface area contributed by atoms with Crippen LogP contribution in [0.25, 0.3) is 0 Å². The quantitative estimate of drug-likeness (QED) is 0.678. The third kappa shape index (κ3) is 2.20. The van der Waals surface area contributed by atoms with E-state index < -0.39 is 0 Å². The second-order valence-electron chi connectivity index (χ2n) is 4.28. The van der Waals surface area contributed by atoms with Gasteiger partial charge < -0.3 is 5.11 Å². The fourth-order valence-electron chi connectivity index (χ4n) is 2.26. The maximum absolute atomic E-state index is 8.87. The third-order valence-corrected chi connectivity index (χ3v) is 3.11. The molecule has 0 bridgehead atoms. The van der Waals surface area contributed by atoms with E-state index in [1.807, 2.05) is 0 Å². The van der Waals surface area contributed by atoms with Crippen molar-refractivity contribution in [3.05, 3.63) is 0 Å². The molecule has 72 valence electrons. The zero-order valence-corrected chi connectivity index (χ0v) is 8.45. The van der Waals surface area contributed by atoms with Gasteiger partial charge >= 0.3 is 0 Å². The first kappa shape index (κ1) is 10.0. The van der Waals surface area contributed by atoms with Gasteiger partial charge in [-0.25, -0.2) is 0 Å². The molecule has 12 heavy (non-hydrogen) atoms. The molecular weight excluding hydrogens is 150 g/mol. The summed E-state index contributed by atoms with van der Waals surface area (Å²) in [4.78, 5) is 2.40. The fraction of sp³-hybridized carbons (Fsp3) is 1.00. The molecule has 1 aliphatic rings. The average molecular weight is 171 g/mol. The molecule has 1 N–H and O–H groups in total. The molecular formula is C10H21NO. The van der Waals surface area contributed by atoms with Gasteiger partial charge in [0.15, 0.2) is 0 Å². The summed E-state index contributed by atoms with van der Waals surface area (Å²) in [5.74, 6) is 1.57. The van der Waals surface area contributed by atoms with Gasteiger partial charge in [-0.1, -0.05) is 13.8 Å². The molecule has 0 aromatic heterocycles. The van der Waals surface area contributed by atoms with E-state index in [0.29, 0.717) is 12.6 Å². The maximum Gasteiger partial charge on any atom is 0.0558 e. The summed E-state index contributed by atoms with van der Waals surface area (Å²) in [5, 5.41) is 8.87. The highest BCUT2D eigenvalue weighted by molar-refractivity contribution is 4.81. The first-order valence-corrected chi connectivity index (χ1v) is 5.00. The summed E-state index contributed by atoms with van der Waals surface area (Å²) in [6, 6.07) is 0.647. The van der Waals surface area contributed by atoms with E-state index in [4.69, 9.17) is 5.11 Å². The minimum Gasteiger partial charge on any atom is -0.395 e. The predicted octanol–water partition coefficient (Wildman–Crippen LogP) is 1.35. The number of aliphatic hydroxyl groups excluding tert-OH is 1. The Balaban J connectivity index is 2.47. The van der Waals surface area contributed by atoms with Crippen LogP contribution in [-0.2, 0) is 0 Å². The highest BCUT2D eigenvalue weighted by Crippen LogP contribution is 2.26. The number of aliphatic hydroxyl groups is 1. The number of hydrogen-bond donors (Lipinski definition) is 1. The predicted molar refractivity (Wildman–Crippen MR) is 51.1 cm³/mol. The smallest absolute Gasteiger partial charge is 0.0558 e. The Bertz CT molecular complexity index is 138. The van der Waals surface area contributed by atoms with E-state index in [2.05, 4.69) is 25.7 Å². The molecule has 3 unspecified atom stereocenters. The highest BCUT2D eigenvalue weighted by atomic mass is 16.3. The van der Waals surface area contributed by atoms with Crippen molar-refractivity contribution < 1.29 is 5.11 Å². The largest absolute Gasteiger partial charge is 0.395 e. The lowest BCUT2D eigenvalue weighted by molar-refractivity contribution is 0.0630. The fourth-order valence-corrected chi connectivity index (χ4v) is 2.26. The van der Waals surface area contributed by atoms with Gasteiger partial charge in [-0.3, -0.25) is 4.90 Å². The summed E-state index contributed by atoms with van der Waals surface area (Å²) in [5.41, 5.74) is 0. The minimum atomic E-state index is 0.295. The number of rotatable bonds is 2. The second-order valence-corrected chi connectivity index (χ2v) is 4.28. The lowest BCUT2D eigenvalue weighted by Crippen LogP contribution is -2.46. The molecule has 0 saturated carbocycles. The van der Waals surface area contributed by atoms with Crippen molar-refractivity contribution in [1.29, 1.82) is 0 Å². The van der Waals surface area contributed by atoms with Crippen molar-refractivity contribution in [2.45, 2.75) is 33.2 Å². The Labute approximate surface area is 75.6 Å². The summed E-state index contributed by atoms with van der Waals surface area (Å²) < 4.78 is 0. The zero-order chi connectivity index (χ0) is 9.14. The van der Waals surface area contributed by atoms with Crippen LogP contribution < -0.4 is 0 Å². The van der Waals surface area contributed by atoms with E-state index >= 15 is 0 Å². The van der Waals surface area contributed by atoms with Gasteiger partial charge in [0.05, 0.1) is 6.61 Å². The first-order chi connectivity index (χ1) is 5.65. The Hall–Kier alpha value is -0.0800. The maximum atomic E-state index is 8.87. The van der Waals surface area contributed by atoms with Gasteiger partial charge in [0.25, 0.3) is 0 Å². The van der Waals surface area contributed by atoms with E-state index in [0.717, 1.165) is 24.9 Å². The van der Waals surface area contributed by atoms with Crippen molar-refractivity contribution in [3.8, 4) is 0 Å². The van der Waals surface area contributed by atoms with Gasteiger partial charge in [-0.05, 0) is 25.2 Å². The number of piperidine rings is 1. The van der Waals surface area contributed by atoms with Crippen molar-refractivity contribution in [1.82, 2.24) is 4.90 Å². The molecule has 0 spiro atoms. The summed E-state index contributed by atoms with van der Waals surface area (Å²) in [6.45, 7) is 9.18. The Morgan fingerprint density at radius 2 is 2.00 bits per heavy atom. The van der Waals surface area contributed by atoms with Gasteiger partial charge in [-0.15, -0.1) is 0 Å². The average Bonchev–Trinajstić information content (AvgIpc) is 2.00. The van der Waals surface area contributed by atoms with Gasteiger partial charge in [-0.2, -0.15) is 0 Å². The molecule has 1 fully saturated rings. The van der Waals surface area contributed by atoms with Crippen LogP contribution in [0.3, 0.4) is 0 Å². The minimum absolute atomic E-state index is 0.295. The highest BCUT2D eigenvalue weighted by Gasteiger charge is 2.27. The Morgan fingerprint density at radius 3 is 2.58 bits per heavy atom. The van der Waals surface area contributed by atoms with Crippen LogP contribution in [0.1, 0.15) is 27.2 Å². The topological polar surface area (TPSA) is 23.5 Å². The van der Waals surface area contributed by atoms with Crippen molar-refractivity contribution in [3.63, 3.8) is 0 Å². The molecule has 1 heterocycles. The van der Waals surface area contributed by atoms with E-state index in [1.165, 1.54) is 6.42 Å². The normalized spacial score (nSPS) is 38.5. The molecule has 0 aromatic rings. The number of likely N-dealkylation sites (tertiary alicyclic amines) is 1. The summed E-state index contributed by atoms with van der Waals surface area (Å²) >= 11 is 0. The molecule has 2 heteroatoms. The van der Waals surface area contributed by atoms with Crippen LogP contribution >= 0.6 is 0 Å². The van der Waals surface area contributed by atoms with Crippen molar-refractivity contribution >= 4 is 0 Å².